The van der Waals surface area contributed by atoms with Crippen LogP contribution in [0.1, 0.15) is 5.56 Å². The molecule has 0 atom stereocenters. The normalized spacial score (nSPS) is 11.2. The molecule has 1 heterocycles. The summed E-state index contributed by atoms with van der Waals surface area (Å²) in [5.41, 5.74) is -0.693. The molecule has 0 unspecified atom stereocenters. The molecule has 0 aliphatic rings. The number of nitrogens with one attached hydrogen (secondary N) is 2. The highest BCUT2D eigenvalue weighted by atomic mass is 19.4. The van der Waals surface area contributed by atoms with Crippen LogP contribution in [-0.2, 0) is 6.18 Å². The number of aromatic hydroxyl groups is 1. The van der Waals surface area contributed by atoms with Crippen molar-refractivity contribution >= 4 is 17.5 Å². The van der Waals surface area contributed by atoms with Crippen molar-refractivity contribution in [1.29, 1.82) is 0 Å². The van der Waals surface area contributed by atoms with Crippen LogP contribution in [0, 0.1) is 6.07 Å². The Morgan fingerprint density at radius 1 is 1.35 bits per heavy atom. The molecule has 1 aromatic heterocycles. The van der Waals surface area contributed by atoms with Crippen LogP contribution in [0.4, 0.5) is 30.6 Å². The molecule has 105 valence electrons. The summed E-state index contributed by atoms with van der Waals surface area (Å²) in [7, 11) is 1.33. The molecule has 0 saturated carbocycles. The van der Waals surface area contributed by atoms with Gasteiger partial charge in [0, 0.05) is 13.2 Å². The van der Waals surface area contributed by atoms with E-state index in [1.807, 2.05) is 0 Å². The second-order valence-electron chi connectivity index (χ2n) is 3.77. The highest BCUT2D eigenvalue weighted by Gasteiger charge is 2.35. The van der Waals surface area contributed by atoms with Crippen LogP contribution in [0.2, 0.25) is 0 Å². The third-order valence-corrected chi connectivity index (χ3v) is 2.42. The van der Waals surface area contributed by atoms with Gasteiger partial charge in [0.05, 0.1) is 5.69 Å². The van der Waals surface area contributed by atoms with E-state index in [0.29, 0.717) is 6.20 Å². The minimum absolute atomic E-state index is 0.0659. The molecule has 0 aliphatic heterocycles. The molecule has 0 amide bonds. The number of rotatable bonds is 3. The van der Waals surface area contributed by atoms with Crippen molar-refractivity contribution in [3.8, 4) is 5.75 Å². The molecule has 0 fully saturated rings. The van der Waals surface area contributed by atoms with Crippen LogP contribution in [0.5, 0.6) is 5.75 Å². The van der Waals surface area contributed by atoms with Crippen LogP contribution in [0.25, 0.3) is 0 Å². The molecule has 8 heteroatoms. The van der Waals surface area contributed by atoms with Gasteiger partial charge >= 0.3 is 6.18 Å². The Hall–Kier alpha value is -2.51. The summed E-state index contributed by atoms with van der Waals surface area (Å²) in [4.78, 5) is 7.31. The van der Waals surface area contributed by atoms with Gasteiger partial charge in [-0.1, -0.05) is 6.07 Å². The number of phenols is 1. The average molecular weight is 283 g/mol. The smallest absolute Gasteiger partial charge is 0.421 e. The number of phenolic OH excluding ortho intramolecular Hbond substituents is 1. The number of hydrogen-bond acceptors (Lipinski definition) is 5. The van der Waals surface area contributed by atoms with E-state index < -0.39 is 11.7 Å². The molecule has 5 nitrogen and oxygen atoms in total. The van der Waals surface area contributed by atoms with Gasteiger partial charge in [-0.05, 0) is 18.2 Å². The van der Waals surface area contributed by atoms with Crippen molar-refractivity contribution in [1.82, 2.24) is 9.97 Å². The minimum Gasteiger partial charge on any atom is -0.506 e. The third-order valence-electron chi connectivity index (χ3n) is 2.42. The number of halogens is 3. The number of anilines is 3. The zero-order valence-electron chi connectivity index (χ0n) is 10.3. The zero-order chi connectivity index (χ0) is 14.8. The molecule has 1 aromatic carbocycles. The summed E-state index contributed by atoms with van der Waals surface area (Å²) < 4.78 is 38.0. The van der Waals surface area contributed by atoms with Gasteiger partial charge in [0.15, 0.2) is 0 Å². The van der Waals surface area contributed by atoms with Gasteiger partial charge in [0.25, 0.3) is 0 Å². The lowest BCUT2D eigenvalue weighted by Gasteiger charge is -2.13. The van der Waals surface area contributed by atoms with Crippen LogP contribution < -0.4 is 10.6 Å². The summed E-state index contributed by atoms with van der Waals surface area (Å²) in [5, 5.41) is 14.5. The fourth-order valence-electron chi connectivity index (χ4n) is 1.49. The van der Waals surface area contributed by atoms with E-state index in [-0.39, 0.29) is 23.2 Å². The second-order valence-corrected chi connectivity index (χ2v) is 3.77. The van der Waals surface area contributed by atoms with Crippen LogP contribution in [-0.4, -0.2) is 22.1 Å². The molecule has 3 N–H and O–H groups in total. The molecule has 2 aromatic rings. The van der Waals surface area contributed by atoms with E-state index in [9.17, 15) is 18.3 Å². The van der Waals surface area contributed by atoms with Crippen molar-refractivity contribution in [2.24, 2.45) is 0 Å². The van der Waals surface area contributed by atoms with Gasteiger partial charge in [-0.2, -0.15) is 18.2 Å². The average Bonchev–Trinajstić information content (AvgIpc) is 2.40. The standard InChI is InChI=1S/C12H10F3N4O/c1-16-10-7(12(13,14)15)6-17-11(19-10)18-8-4-2-3-5-9(8)20/h2,4-6,20H,1H3,(H2,16,17,18,19). The number of aromatic nitrogens is 2. The predicted octanol–water partition coefficient (Wildman–Crippen LogP) is 2.79. The fourth-order valence-corrected chi connectivity index (χ4v) is 1.49. The highest BCUT2D eigenvalue weighted by molar-refractivity contribution is 5.62. The van der Waals surface area contributed by atoms with Crippen LogP contribution in [0.3, 0.4) is 0 Å². The Morgan fingerprint density at radius 3 is 2.70 bits per heavy atom. The molecule has 0 aliphatic carbocycles. The Morgan fingerprint density at radius 2 is 2.10 bits per heavy atom. The molecule has 2 rings (SSSR count). The Bertz CT molecular complexity index is 616. The molecular formula is C12H10F3N4O. The lowest BCUT2D eigenvalue weighted by atomic mass is 10.3. The SMILES string of the molecule is CNc1nc(Nc2cc[c]cc2O)ncc1C(F)(F)F. The molecule has 20 heavy (non-hydrogen) atoms. The van der Waals surface area contributed by atoms with Crippen LogP contribution in [0.15, 0.2) is 24.4 Å². The number of hydrogen-bond donors (Lipinski definition) is 3. The number of nitrogens with zero attached hydrogens (tertiary/aromatic N) is 2. The van der Waals surface area contributed by atoms with Gasteiger partial charge in [0.1, 0.15) is 17.1 Å². The quantitative estimate of drug-likeness (QED) is 0.756. The summed E-state index contributed by atoms with van der Waals surface area (Å²) in [5.74, 6) is -0.525. The zero-order valence-corrected chi connectivity index (χ0v) is 10.3. The van der Waals surface area contributed by atoms with Gasteiger partial charge in [-0.3, -0.25) is 0 Å². The van der Waals surface area contributed by atoms with Crippen LogP contribution >= 0.6 is 0 Å². The van der Waals surface area contributed by atoms with Crippen molar-refractivity contribution in [2.75, 3.05) is 17.7 Å². The Kier molecular flexibility index (Phi) is 3.64. The van der Waals surface area contributed by atoms with Crippen molar-refractivity contribution in [3.05, 3.63) is 36.0 Å². The summed E-state index contributed by atoms with van der Waals surface area (Å²) in [6.45, 7) is 0. The molecule has 0 spiro atoms. The van der Waals surface area contributed by atoms with E-state index in [1.54, 1.807) is 0 Å². The molecule has 0 saturated heterocycles. The van der Waals surface area contributed by atoms with E-state index >= 15 is 0 Å². The first-order valence-electron chi connectivity index (χ1n) is 5.50. The first-order chi connectivity index (χ1) is 9.41. The first-order valence-corrected chi connectivity index (χ1v) is 5.50. The van der Waals surface area contributed by atoms with E-state index in [4.69, 9.17) is 0 Å². The van der Waals surface area contributed by atoms with Crippen molar-refractivity contribution < 1.29 is 18.3 Å². The molecule has 0 bridgehead atoms. The van der Waals surface area contributed by atoms with E-state index in [0.717, 1.165) is 0 Å². The monoisotopic (exact) mass is 283 g/mol. The topological polar surface area (TPSA) is 70.1 Å². The summed E-state index contributed by atoms with van der Waals surface area (Å²) in [6.07, 6.45) is -3.87. The lowest BCUT2D eigenvalue weighted by Crippen LogP contribution is -2.12. The Labute approximate surface area is 112 Å². The second kappa shape index (κ2) is 5.24. The lowest BCUT2D eigenvalue weighted by molar-refractivity contribution is -0.137. The van der Waals surface area contributed by atoms with Gasteiger partial charge in [0.2, 0.25) is 5.95 Å². The van der Waals surface area contributed by atoms with E-state index in [2.05, 4.69) is 26.7 Å². The summed E-state index contributed by atoms with van der Waals surface area (Å²) in [6, 6.07) is 6.99. The highest BCUT2D eigenvalue weighted by Crippen LogP contribution is 2.34. The van der Waals surface area contributed by atoms with E-state index in [1.165, 1.54) is 25.2 Å². The molecular weight excluding hydrogens is 273 g/mol. The van der Waals surface area contributed by atoms with Gasteiger partial charge < -0.3 is 15.7 Å². The minimum atomic E-state index is -4.54. The van der Waals surface area contributed by atoms with Gasteiger partial charge in [-0.25, -0.2) is 4.98 Å². The number of alkyl halides is 3. The molecule has 1 radical (unpaired) electrons. The predicted molar refractivity (Wildman–Crippen MR) is 66.8 cm³/mol. The number of benzene rings is 1. The summed E-state index contributed by atoms with van der Waals surface area (Å²) >= 11 is 0. The first kappa shape index (κ1) is 13.9. The van der Waals surface area contributed by atoms with Crippen molar-refractivity contribution in [3.63, 3.8) is 0 Å². The fraction of sp³-hybridized carbons (Fsp3) is 0.167. The maximum Gasteiger partial charge on any atom is 0.421 e. The maximum atomic E-state index is 12.7. The van der Waals surface area contributed by atoms with Crippen molar-refractivity contribution in [2.45, 2.75) is 6.18 Å². The maximum absolute atomic E-state index is 12.7. The largest absolute Gasteiger partial charge is 0.506 e. The third kappa shape index (κ3) is 2.90. The van der Waals surface area contributed by atoms with Gasteiger partial charge in [-0.15, -0.1) is 0 Å². The Balaban J connectivity index is 2.33.